The first-order valence-corrected chi connectivity index (χ1v) is 14.1. The van der Waals surface area contributed by atoms with Crippen LogP contribution in [0.5, 0.6) is 0 Å². The quantitative estimate of drug-likeness (QED) is 0.616. The highest BCUT2D eigenvalue weighted by Gasteiger charge is 2.51. The van der Waals surface area contributed by atoms with Gasteiger partial charge in [-0.1, -0.05) is 37.3 Å². The Labute approximate surface area is 197 Å². The molecule has 6 heteroatoms. The minimum Gasteiger partial charge on any atom is -0.324 e. The maximum Gasteiger partial charge on any atom is 0.245 e. The number of rotatable bonds is 7. The van der Waals surface area contributed by atoms with Gasteiger partial charge in [-0.15, -0.1) is 0 Å². The van der Waals surface area contributed by atoms with Crippen LogP contribution in [0.2, 0.25) is 0 Å². The van der Waals surface area contributed by atoms with E-state index in [0.717, 1.165) is 41.7 Å². The number of hydrogen-bond donors (Lipinski definition) is 1. The standard InChI is InChI=1S/C27H34N2O3S/c1-3-22-6-4-5-7-25(22)28-26(30)18-29(33(2,31)32)24-10-8-23(9-11-24)27-15-19-12-20(16-27)14-21(13-19)17-27/h4-11,19-21H,3,12-18H2,1-2H3,(H,28,30). The van der Waals surface area contributed by atoms with E-state index in [1.54, 1.807) is 0 Å². The second kappa shape index (κ2) is 8.46. The summed E-state index contributed by atoms with van der Waals surface area (Å²) in [4.78, 5) is 12.8. The first kappa shape index (κ1) is 22.5. The molecule has 0 aromatic heterocycles. The second-order valence-electron chi connectivity index (χ2n) is 10.6. The van der Waals surface area contributed by atoms with Gasteiger partial charge < -0.3 is 5.32 Å². The molecule has 0 heterocycles. The number of para-hydroxylation sites is 1. The third kappa shape index (κ3) is 4.42. The lowest BCUT2D eigenvalue weighted by atomic mass is 9.48. The summed E-state index contributed by atoms with van der Waals surface area (Å²) in [6, 6.07) is 15.6. The van der Waals surface area contributed by atoms with Gasteiger partial charge in [0, 0.05) is 5.69 Å². The fraction of sp³-hybridized carbons (Fsp3) is 0.519. The molecule has 1 amide bonds. The monoisotopic (exact) mass is 466 g/mol. The first-order chi connectivity index (χ1) is 15.8. The van der Waals surface area contributed by atoms with Gasteiger partial charge >= 0.3 is 0 Å². The number of amides is 1. The lowest BCUT2D eigenvalue weighted by Gasteiger charge is -2.57. The maximum atomic E-state index is 12.8. The molecule has 2 aromatic carbocycles. The summed E-state index contributed by atoms with van der Waals surface area (Å²) in [5, 5.41) is 2.89. The second-order valence-corrected chi connectivity index (χ2v) is 12.5. The van der Waals surface area contributed by atoms with Crippen LogP contribution in [0.4, 0.5) is 11.4 Å². The van der Waals surface area contributed by atoms with Gasteiger partial charge in [-0.3, -0.25) is 9.10 Å². The van der Waals surface area contributed by atoms with Gasteiger partial charge in [-0.05, 0) is 97.4 Å². The average Bonchev–Trinajstić information content (AvgIpc) is 2.76. The molecule has 0 unspecified atom stereocenters. The summed E-state index contributed by atoms with van der Waals surface area (Å²) in [6.07, 6.45) is 9.96. The van der Waals surface area contributed by atoms with Crippen LogP contribution in [0.3, 0.4) is 0 Å². The number of benzene rings is 2. The zero-order chi connectivity index (χ0) is 23.2. The predicted molar refractivity (Wildman–Crippen MR) is 133 cm³/mol. The average molecular weight is 467 g/mol. The summed E-state index contributed by atoms with van der Waals surface area (Å²) >= 11 is 0. The van der Waals surface area contributed by atoms with Gasteiger partial charge in [0.2, 0.25) is 15.9 Å². The minimum absolute atomic E-state index is 0.242. The van der Waals surface area contributed by atoms with Gasteiger partial charge in [-0.25, -0.2) is 8.42 Å². The van der Waals surface area contributed by atoms with Crippen molar-refractivity contribution in [1.29, 1.82) is 0 Å². The van der Waals surface area contributed by atoms with Crippen LogP contribution in [0.25, 0.3) is 0 Å². The molecule has 33 heavy (non-hydrogen) atoms. The number of carbonyl (C=O) groups is 1. The Morgan fingerprint density at radius 3 is 2.09 bits per heavy atom. The van der Waals surface area contributed by atoms with Crippen molar-refractivity contribution in [2.75, 3.05) is 22.4 Å². The van der Waals surface area contributed by atoms with Crippen LogP contribution in [0, 0.1) is 17.8 Å². The van der Waals surface area contributed by atoms with Gasteiger partial charge in [0.1, 0.15) is 6.54 Å². The molecule has 0 aliphatic heterocycles. The third-order valence-corrected chi connectivity index (χ3v) is 9.31. The van der Waals surface area contributed by atoms with E-state index >= 15 is 0 Å². The number of nitrogens with zero attached hydrogens (tertiary/aromatic N) is 1. The van der Waals surface area contributed by atoms with Gasteiger partial charge in [0.05, 0.1) is 11.9 Å². The van der Waals surface area contributed by atoms with Crippen molar-refractivity contribution in [2.24, 2.45) is 17.8 Å². The summed E-state index contributed by atoms with van der Waals surface area (Å²) in [5.41, 5.74) is 3.92. The van der Waals surface area contributed by atoms with E-state index in [4.69, 9.17) is 0 Å². The highest BCUT2D eigenvalue weighted by Crippen LogP contribution is 2.60. The largest absolute Gasteiger partial charge is 0.324 e. The Hall–Kier alpha value is -2.34. The van der Waals surface area contributed by atoms with Gasteiger partial charge in [0.15, 0.2) is 0 Å². The van der Waals surface area contributed by atoms with E-state index in [1.807, 2.05) is 43.3 Å². The zero-order valence-corrected chi connectivity index (χ0v) is 20.4. The normalized spacial score (nSPS) is 28.0. The van der Waals surface area contributed by atoms with E-state index in [1.165, 1.54) is 48.4 Å². The summed E-state index contributed by atoms with van der Waals surface area (Å²) in [6.45, 7) is 1.78. The molecule has 6 rings (SSSR count). The summed E-state index contributed by atoms with van der Waals surface area (Å²) in [7, 11) is -3.61. The Bertz CT molecular complexity index is 1100. The number of hydrogen-bond acceptors (Lipinski definition) is 3. The molecule has 5 nitrogen and oxygen atoms in total. The lowest BCUT2D eigenvalue weighted by Crippen LogP contribution is -2.48. The highest BCUT2D eigenvalue weighted by molar-refractivity contribution is 7.92. The van der Waals surface area contributed by atoms with Gasteiger partial charge in [-0.2, -0.15) is 0 Å². The van der Waals surface area contributed by atoms with Crippen LogP contribution in [-0.2, 0) is 26.7 Å². The molecule has 2 aromatic rings. The number of anilines is 2. The smallest absolute Gasteiger partial charge is 0.245 e. The molecular formula is C27H34N2O3S. The molecule has 0 radical (unpaired) electrons. The van der Waals surface area contributed by atoms with E-state index in [2.05, 4.69) is 17.4 Å². The Morgan fingerprint density at radius 2 is 1.55 bits per heavy atom. The fourth-order valence-corrected chi connectivity index (χ4v) is 7.97. The number of aryl methyl sites for hydroxylation is 1. The predicted octanol–water partition coefficient (Wildman–Crippen LogP) is 5.12. The number of nitrogens with one attached hydrogen (secondary N) is 1. The molecular weight excluding hydrogens is 432 g/mol. The Kier molecular flexibility index (Phi) is 5.76. The molecule has 0 saturated heterocycles. The summed E-state index contributed by atoms with van der Waals surface area (Å²) < 4.78 is 26.4. The van der Waals surface area contributed by atoms with E-state index in [9.17, 15) is 13.2 Å². The summed E-state index contributed by atoms with van der Waals surface area (Å²) in [5.74, 6) is 2.24. The van der Waals surface area contributed by atoms with Crippen LogP contribution in [-0.4, -0.2) is 27.1 Å². The van der Waals surface area contributed by atoms with E-state index in [-0.39, 0.29) is 17.9 Å². The van der Waals surface area contributed by atoms with Crippen LogP contribution >= 0.6 is 0 Å². The molecule has 176 valence electrons. The fourth-order valence-electron chi connectivity index (χ4n) is 7.12. The molecule has 4 saturated carbocycles. The third-order valence-electron chi connectivity index (χ3n) is 8.17. The Balaban J connectivity index is 1.35. The van der Waals surface area contributed by atoms with Crippen molar-refractivity contribution in [1.82, 2.24) is 0 Å². The van der Waals surface area contributed by atoms with Crippen molar-refractivity contribution < 1.29 is 13.2 Å². The minimum atomic E-state index is -3.61. The van der Waals surface area contributed by atoms with Crippen LogP contribution in [0.15, 0.2) is 48.5 Å². The molecule has 4 bridgehead atoms. The van der Waals surface area contributed by atoms with Crippen molar-refractivity contribution in [3.63, 3.8) is 0 Å². The van der Waals surface area contributed by atoms with Crippen LogP contribution < -0.4 is 9.62 Å². The Morgan fingerprint density at radius 1 is 0.970 bits per heavy atom. The SMILES string of the molecule is CCc1ccccc1NC(=O)CN(c1ccc(C23CC4CC(CC(C4)C2)C3)cc1)S(C)(=O)=O. The highest BCUT2D eigenvalue weighted by atomic mass is 32.2. The van der Waals surface area contributed by atoms with Gasteiger partial charge in [0.25, 0.3) is 0 Å². The molecule has 1 N–H and O–H groups in total. The maximum absolute atomic E-state index is 12.8. The number of carbonyl (C=O) groups excluding carboxylic acids is 1. The molecule has 0 spiro atoms. The van der Waals surface area contributed by atoms with Crippen molar-refractivity contribution in [3.8, 4) is 0 Å². The molecule has 4 aliphatic rings. The number of sulfonamides is 1. The molecule has 4 fully saturated rings. The van der Waals surface area contributed by atoms with Crippen molar-refractivity contribution in [3.05, 3.63) is 59.7 Å². The molecule has 0 atom stereocenters. The van der Waals surface area contributed by atoms with Crippen LogP contribution in [0.1, 0.15) is 56.6 Å². The van der Waals surface area contributed by atoms with Crippen molar-refractivity contribution >= 4 is 27.3 Å². The van der Waals surface area contributed by atoms with E-state index < -0.39 is 10.0 Å². The zero-order valence-electron chi connectivity index (χ0n) is 19.6. The molecule has 4 aliphatic carbocycles. The van der Waals surface area contributed by atoms with Crippen molar-refractivity contribution in [2.45, 2.75) is 57.3 Å². The lowest BCUT2D eigenvalue weighted by molar-refractivity contribution is -0.114. The topological polar surface area (TPSA) is 66.5 Å². The van der Waals surface area contributed by atoms with E-state index in [0.29, 0.717) is 5.69 Å². The first-order valence-electron chi connectivity index (χ1n) is 12.2.